The largest absolute Gasteiger partial charge is 0.228 e. The van der Waals surface area contributed by atoms with Gasteiger partial charge < -0.3 is 0 Å². The molecule has 0 N–H and O–H groups in total. The molecule has 0 radical (unpaired) electrons. The van der Waals surface area contributed by atoms with Crippen molar-refractivity contribution in [3.63, 3.8) is 0 Å². The van der Waals surface area contributed by atoms with Crippen molar-refractivity contribution in [1.29, 1.82) is 5.26 Å². The van der Waals surface area contributed by atoms with E-state index in [1.807, 2.05) is 26.8 Å². The predicted octanol–water partition coefficient (Wildman–Crippen LogP) is 1.67. The first-order valence-corrected chi connectivity index (χ1v) is 4.28. The van der Waals surface area contributed by atoms with Crippen molar-refractivity contribution in [2.24, 2.45) is 0 Å². The quantitative estimate of drug-likeness (QED) is 0.679. The molecule has 0 aliphatic heterocycles. The molecule has 0 amide bonds. The SMILES string of the molecule is CC(C)(C)n1nnc(Br)c1C#N. The summed E-state index contributed by atoms with van der Waals surface area (Å²) in [5, 5.41) is 16.4. The highest BCUT2D eigenvalue weighted by Gasteiger charge is 2.20. The van der Waals surface area contributed by atoms with Gasteiger partial charge in [0.05, 0.1) is 5.54 Å². The van der Waals surface area contributed by atoms with E-state index in [0.29, 0.717) is 10.3 Å². The van der Waals surface area contributed by atoms with Gasteiger partial charge in [-0.25, -0.2) is 4.68 Å². The minimum absolute atomic E-state index is 0.204. The molecule has 0 atom stereocenters. The Hall–Kier alpha value is -0.890. The Morgan fingerprint density at radius 2 is 2.08 bits per heavy atom. The van der Waals surface area contributed by atoms with Gasteiger partial charge in [0.1, 0.15) is 6.07 Å². The van der Waals surface area contributed by atoms with Crippen LogP contribution in [-0.4, -0.2) is 15.0 Å². The first-order chi connectivity index (χ1) is 5.46. The Bertz CT molecular complexity index is 328. The summed E-state index contributed by atoms with van der Waals surface area (Å²) in [5.74, 6) is 0. The zero-order valence-corrected chi connectivity index (χ0v) is 8.75. The Labute approximate surface area is 79.3 Å². The second kappa shape index (κ2) is 2.87. The van der Waals surface area contributed by atoms with E-state index in [1.165, 1.54) is 0 Å². The van der Waals surface area contributed by atoms with Crippen molar-refractivity contribution in [2.75, 3.05) is 0 Å². The molecule has 0 aromatic carbocycles. The van der Waals surface area contributed by atoms with Crippen LogP contribution in [0.4, 0.5) is 0 Å². The maximum absolute atomic E-state index is 8.77. The van der Waals surface area contributed by atoms with E-state index >= 15 is 0 Å². The van der Waals surface area contributed by atoms with Crippen molar-refractivity contribution < 1.29 is 0 Å². The van der Waals surface area contributed by atoms with Gasteiger partial charge in [0.2, 0.25) is 0 Å². The first-order valence-electron chi connectivity index (χ1n) is 3.48. The van der Waals surface area contributed by atoms with E-state index < -0.39 is 0 Å². The average molecular weight is 229 g/mol. The number of nitriles is 1. The molecule has 4 nitrogen and oxygen atoms in total. The van der Waals surface area contributed by atoms with Gasteiger partial charge in [-0.2, -0.15) is 5.26 Å². The average Bonchev–Trinajstić information content (AvgIpc) is 2.29. The van der Waals surface area contributed by atoms with Crippen LogP contribution in [0.15, 0.2) is 4.60 Å². The third kappa shape index (κ3) is 1.48. The number of nitrogens with zero attached hydrogens (tertiary/aromatic N) is 4. The Balaban J connectivity index is 3.28. The van der Waals surface area contributed by atoms with Gasteiger partial charge in [-0.1, -0.05) is 5.21 Å². The maximum atomic E-state index is 8.77. The molecule has 1 aromatic rings. The molecule has 12 heavy (non-hydrogen) atoms. The van der Waals surface area contributed by atoms with Gasteiger partial charge in [0.15, 0.2) is 10.3 Å². The molecule has 0 fully saturated rings. The van der Waals surface area contributed by atoms with Crippen LogP contribution in [0.3, 0.4) is 0 Å². The third-order valence-electron chi connectivity index (χ3n) is 1.37. The lowest BCUT2D eigenvalue weighted by Gasteiger charge is -2.18. The molecule has 0 spiro atoms. The lowest BCUT2D eigenvalue weighted by atomic mass is 10.1. The molecular weight excluding hydrogens is 220 g/mol. The van der Waals surface area contributed by atoms with E-state index in [4.69, 9.17) is 5.26 Å². The standard InChI is InChI=1S/C7H9BrN4/c1-7(2,3)12-5(4-9)6(8)10-11-12/h1-3H3. The summed E-state index contributed by atoms with van der Waals surface area (Å²) in [4.78, 5) is 0. The Morgan fingerprint density at radius 3 is 2.42 bits per heavy atom. The predicted molar refractivity (Wildman–Crippen MR) is 47.4 cm³/mol. The number of halogens is 1. The minimum atomic E-state index is -0.204. The summed E-state index contributed by atoms with van der Waals surface area (Å²) in [7, 11) is 0. The van der Waals surface area contributed by atoms with Gasteiger partial charge in [-0.05, 0) is 36.7 Å². The fourth-order valence-electron chi connectivity index (χ4n) is 0.827. The molecular formula is C7H9BrN4. The Morgan fingerprint density at radius 1 is 1.50 bits per heavy atom. The highest BCUT2D eigenvalue weighted by atomic mass is 79.9. The van der Waals surface area contributed by atoms with E-state index in [2.05, 4.69) is 26.2 Å². The molecule has 0 unspecified atom stereocenters. The molecule has 0 aliphatic carbocycles. The smallest absolute Gasteiger partial charge is 0.173 e. The second-order valence-electron chi connectivity index (χ2n) is 3.42. The number of hydrogen-bond donors (Lipinski definition) is 0. The summed E-state index contributed by atoms with van der Waals surface area (Å²) in [6, 6.07) is 2.04. The van der Waals surface area contributed by atoms with E-state index in [-0.39, 0.29) is 5.54 Å². The van der Waals surface area contributed by atoms with Crippen LogP contribution in [0.2, 0.25) is 0 Å². The van der Waals surface area contributed by atoms with Gasteiger partial charge in [0, 0.05) is 0 Å². The van der Waals surface area contributed by atoms with E-state index in [1.54, 1.807) is 4.68 Å². The van der Waals surface area contributed by atoms with Crippen molar-refractivity contribution in [3.8, 4) is 6.07 Å². The third-order valence-corrected chi connectivity index (χ3v) is 1.90. The monoisotopic (exact) mass is 228 g/mol. The topological polar surface area (TPSA) is 54.5 Å². The maximum Gasteiger partial charge on any atom is 0.173 e. The van der Waals surface area contributed by atoms with Crippen LogP contribution in [0.5, 0.6) is 0 Å². The summed E-state index contributed by atoms with van der Waals surface area (Å²) in [6.07, 6.45) is 0. The van der Waals surface area contributed by atoms with Crippen molar-refractivity contribution >= 4 is 15.9 Å². The van der Waals surface area contributed by atoms with Crippen molar-refractivity contribution in [3.05, 3.63) is 10.3 Å². The number of rotatable bonds is 0. The van der Waals surface area contributed by atoms with Gasteiger partial charge in [0.25, 0.3) is 0 Å². The number of hydrogen-bond acceptors (Lipinski definition) is 3. The molecule has 1 aromatic heterocycles. The first kappa shape index (κ1) is 9.20. The minimum Gasteiger partial charge on any atom is -0.228 e. The summed E-state index contributed by atoms with van der Waals surface area (Å²) >= 11 is 3.15. The van der Waals surface area contributed by atoms with E-state index in [9.17, 15) is 0 Å². The highest BCUT2D eigenvalue weighted by molar-refractivity contribution is 9.10. The lowest BCUT2D eigenvalue weighted by Crippen LogP contribution is -2.24. The molecule has 0 aliphatic rings. The summed E-state index contributed by atoms with van der Waals surface area (Å²) in [6.45, 7) is 5.90. The van der Waals surface area contributed by atoms with Crippen LogP contribution in [0.1, 0.15) is 26.5 Å². The van der Waals surface area contributed by atoms with Crippen molar-refractivity contribution in [2.45, 2.75) is 26.3 Å². The van der Waals surface area contributed by atoms with E-state index in [0.717, 1.165) is 0 Å². The normalized spacial score (nSPS) is 11.2. The van der Waals surface area contributed by atoms with Crippen LogP contribution in [0, 0.1) is 11.3 Å². The second-order valence-corrected chi connectivity index (χ2v) is 4.17. The molecule has 0 bridgehead atoms. The molecule has 5 heteroatoms. The zero-order valence-electron chi connectivity index (χ0n) is 7.17. The highest BCUT2D eigenvalue weighted by Crippen LogP contribution is 2.19. The van der Waals surface area contributed by atoms with Crippen LogP contribution in [0.25, 0.3) is 0 Å². The molecule has 64 valence electrons. The zero-order chi connectivity index (χ0) is 9.35. The van der Waals surface area contributed by atoms with Crippen LogP contribution >= 0.6 is 15.9 Å². The van der Waals surface area contributed by atoms with Crippen LogP contribution < -0.4 is 0 Å². The van der Waals surface area contributed by atoms with Gasteiger partial charge >= 0.3 is 0 Å². The molecule has 0 saturated carbocycles. The number of aromatic nitrogens is 3. The molecule has 1 rings (SSSR count). The summed E-state index contributed by atoms with van der Waals surface area (Å²) in [5.41, 5.74) is 0.256. The molecule has 1 heterocycles. The van der Waals surface area contributed by atoms with Gasteiger partial charge in [-0.15, -0.1) is 5.10 Å². The summed E-state index contributed by atoms with van der Waals surface area (Å²) < 4.78 is 2.09. The fourth-order valence-corrected chi connectivity index (χ4v) is 1.15. The Kier molecular flexibility index (Phi) is 2.20. The van der Waals surface area contributed by atoms with Gasteiger partial charge in [-0.3, -0.25) is 0 Å². The molecule has 0 saturated heterocycles. The van der Waals surface area contributed by atoms with Crippen molar-refractivity contribution in [1.82, 2.24) is 15.0 Å². The lowest BCUT2D eigenvalue weighted by molar-refractivity contribution is 0.343. The van der Waals surface area contributed by atoms with Crippen LogP contribution in [-0.2, 0) is 5.54 Å². The fraction of sp³-hybridized carbons (Fsp3) is 0.571.